The summed E-state index contributed by atoms with van der Waals surface area (Å²) in [5.74, 6) is 0.340. The van der Waals surface area contributed by atoms with E-state index in [9.17, 15) is 19.8 Å². The van der Waals surface area contributed by atoms with E-state index < -0.39 is 5.92 Å². The summed E-state index contributed by atoms with van der Waals surface area (Å²) in [4.78, 5) is 31.9. The molecule has 288 valence electrons. The van der Waals surface area contributed by atoms with Crippen molar-refractivity contribution >= 4 is 45.0 Å². The van der Waals surface area contributed by atoms with E-state index in [1.165, 1.54) is 29.8 Å². The molecule has 56 heavy (non-hydrogen) atoms. The van der Waals surface area contributed by atoms with E-state index in [0.717, 1.165) is 90.1 Å². The van der Waals surface area contributed by atoms with Gasteiger partial charge in [-0.05, 0) is 122 Å². The van der Waals surface area contributed by atoms with Crippen molar-refractivity contribution in [1.29, 1.82) is 0 Å². The minimum absolute atomic E-state index is 0.207. The van der Waals surface area contributed by atoms with Crippen LogP contribution in [0.15, 0.2) is 84.9 Å². The molecule has 2 aromatic heterocycles. The molecule has 3 N–H and O–H groups in total. The third-order valence-corrected chi connectivity index (χ3v) is 12.4. The Morgan fingerprint density at radius 3 is 2.16 bits per heavy atom. The molecule has 6 aromatic rings. The van der Waals surface area contributed by atoms with E-state index in [0.29, 0.717) is 25.3 Å². The molecular formula is C45H49N7O4. The van der Waals surface area contributed by atoms with Crippen LogP contribution in [0.5, 0.6) is 11.5 Å². The van der Waals surface area contributed by atoms with Gasteiger partial charge in [0.1, 0.15) is 11.5 Å². The first kappa shape index (κ1) is 35.9. The SMILES string of the molecule is Cc1c(-c2ccc(O)cc2)n(Cc2ccc(N3CCC(CN4CCN(c5ccc6c(C7CCC(=O)NC7=O)nn(C)c6c5)CC4)CC3)cc2)c2ccc(O)cc12. The van der Waals surface area contributed by atoms with Crippen LogP contribution in [0.2, 0.25) is 0 Å². The number of carbonyl (C=O) groups excluding carboxylic acids is 2. The molecule has 0 bridgehead atoms. The number of aromatic nitrogens is 3. The van der Waals surface area contributed by atoms with Gasteiger partial charge in [-0.2, -0.15) is 5.10 Å². The number of phenols is 2. The van der Waals surface area contributed by atoms with Crippen LogP contribution in [0.25, 0.3) is 33.1 Å². The number of nitrogens with zero attached hydrogens (tertiary/aromatic N) is 6. The molecule has 3 saturated heterocycles. The van der Waals surface area contributed by atoms with Gasteiger partial charge in [0.15, 0.2) is 0 Å². The normalized spacial score (nSPS) is 18.6. The Morgan fingerprint density at radius 2 is 1.43 bits per heavy atom. The highest BCUT2D eigenvalue weighted by atomic mass is 16.3. The third kappa shape index (κ3) is 6.85. The molecule has 11 heteroatoms. The fourth-order valence-corrected chi connectivity index (χ4v) is 9.27. The van der Waals surface area contributed by atoms with Crippen LogP contribution >= 0.6 is 0 Å². The maximum absolute atomic E-state index is 12.6. The van der Waals surface area contributed by atoms with Crippen molar-refractivity contribution in [3.63, 3.8) is 0 Å². The van der Waals surface area contributed by atoms with Gasteiger partial charge in [0.05, 0.1) is 22.8 Å². The van der Waals surface area contributed by atoms with Gasteiger partial charge in [0.25, 0.3) is 0 Å². The van der Waals surface area contributed by atoms with E-state index >= 15 is 0 Å². The summed E-state index contributed by atoms with van der Waals surface area (Å²) in [7, 11) is 1.93. The second-order valence-electron chi connectivity index (χ2n) is 15.9. The molecule has 4 aromatic carbocycles. The van der Waals surface area contributed by atoms with Crippen LogP contribution in [0.1, 0.15) is 48.4 Å². The smallest absolute Gasteiger partial charge is 0.235 e. The monoisotopic (exact) mass is 751 g/mol. The zero-order valence-corrected chi connectivity index (χ0v) is 32.1. The molecule has 0 radical (unpaired) electrons. The second kappa shape index (κ2) is 14.7. The highest BCUT2D eigenvalue weighted by molar-refractivity contribution is 6.02. The predicted molar refractivity (Wildman–Crippen MR) is 220 cm³/mol. The second-order valence-corrected chi connectivity index (χ2v) is 15.9. The zero-order valence-electron chi connectivity index (χ0n) is 32.1. The third-order valence-electron chi connectivity index (χ3n) is 12.4. The van der Waals surface area contributed by atoms with Gasteiger partial charge >= 0.3 is 0 Å². The Kier molecular flexibility index (Phi) is 9.41. The summed E-state index contributed by atoms with van der Waals surface area (Å²) in [6.45, 7) is 10.1. The van der Waals surface area contributed by atoms with Crippen LogP contribution in [-0.2, 0) is 23.2 Å². The molecule has 0 spiro atoms. The number of hydrogen-bond acceptors (Lipinski definition) is 8. The van der Waals surface area contributed by atoms with Gasteiger partial charge < -0.3 is 24.6 Å². The quantitative estimate of drug-likeness (QED) is 0.151. The van der Waals surface area contributed by atoms with Gasteiger partial charge in [-0.1, -0.05) is 12.1 Å². The number of amides is 2. The maximum atomic E-state index is 12.6. The van der Waals surface area contributed by atoms with Crippen LogP contribution in [-0.4, -0.2) is 87.1 Å². The summed E-state index contributed by atoms with van der Waals surface area (Å²) in [6, 6.07) is 28.4. The van der Waals surface area contributed by atoms with Crippen LogP contribution in [0.3, 0.4) is 0 Å². The number of piperazine rings is 1. The largest absolute Gasteiger partial charge is 0.508 e. The topological polar surface area (TPSA) is 119 Å². The Bertz CT molecular complexity index is 2420. The van der Waals surface area contributed by atoms with Crippen molar-refractivity contribution in [3.05, 3.63) is 102 Å². The summed E-state index contributed by atoms with van der Waals surface area (Å²) in [5, 5.41) is 29.4. The lowest BCUT2D eigenvalue weighted by atomic mass is 9.93. The fraction of sp³-hybridized carbons (Fsp3) is 0.356. The van der Waals surface area contributed by atoms with Gasteiger partial charge in [0, 0.05) is 93.5 Å². The number of carbonyl (C=O) groups is 2. The van der Waals surface area contributed by atoms with Gasteiger partial charge in [-0.15, -0.1) is 0 Å². The lowest BCUT2D eigenvalue weighted by Gasteiger charge is -2.40. The summed E-state index contributed by atoms with van der Waals surface area (Å²) >= 11 is 0. The van der Waals surface area contributed by atoms with E-state index in [-0.39, 0.29) is 23.3 Å². The molecule has 9 rings (SSSR count). The highest BCUT2D eigenvalue weighted by Gasteiger charge is 2.32. The zero-order chi connectivity index (χ0) is 38.5. The van der Waals surface area contributed by atoms with Gasteiger partial charge in [-0.3, -0.25) is 24.5 Å². The van der Waals surface area contributed by atoms with Crippen LogP contribution in [0, 0.1) is 12.8 Å². The van der Waals surface area contributed by atoms with Gasteiger partial charge in [0.2, 0.25) is 11.8 Å². The number of phenolic OH excluding ortho intramolecular Hbond substituents is 2. The summed E-state index contributed by atoms with van der Waals surface area (Å²) in [6.07, 6.45) is 3.22. The Labute approximate surface area is 326 Å². The predicted octanol–water partition coefficient (Wildman–Crippen LogP) is 6.52. The van der Waals surface area contributed by atoms with Crippen molar-refractivity contribution in [3.8, 4) is 22.8 Å². The lowest BCUT2D eigenvalue weighted by molar-refractivity contribution is -0.134. The molecule has 11 nitrogen and oxygen atoms in total. The number of imide groups is 1. The minimum atomic E-state index is -0.393. The molecule has 3 aliphatic heterocycles. The highest BCUT2D eigenvalue weighted by Crippen LogP contribution is 2.37. The number of nitrogens with one attached hydrogen (secondary N) is 1. The summed E-state index contributed by atoms with van der Waals surface area (Å²) < 4.78 is 4.18. The van der Waals surface area contributed by atoms with E-state index in [4.69, 9.17) is 5.10 Å². The average molecular weight is 752 g/mol. The van der Waals surface area contributed by atoms with Gasteiger partial charge in [-0.25, -0.2) is 0 Å². The molecule has 3 aliphatic rings. The molecule has 0 saturated carbocycles. The van der Waals surface area contributed by atoms with Crippen molar-refractivity contribution in [2.24, 2.45) is 13.0 Å². The fourth-order valence-electron chi connectivity index (χ4n) is 9.27. The molecule has 1 atom stereocenters. The Morgan fingerprint density at radius 1 is 0.732 bits per heavy atom. The standard InChI is InChI=1S/C45H49N7O4/c1-29-39-26-36(54)12-15-40(39)52(44(29)32-5-10-35(53)11-6-32)28-30-3-7-33(8-4-30)50-19-17-31(18-20-50)27-49-21-23-51(24-22-49)34-9-13-37-41(25-34)48(2)47-43(37)38-14-16-42(55)46-45(38)56/h3-13,15,25-26,31,38,53-54H,14,16-24,27-28H2,1-2H3,(H,46,55,56). The number of hydrogen-bond donors (Lipinski definition) is 3. The van der Waals surface area contributed by atoms with Crippen molar-refractivity contribution in [2.45, 2.75) is 45.1 Å². The minimum Gasteiger partial charge on any atom is -0.508 e. The van der Waals surface area contributed by atoms with E-state index in [1.807, 2.05) is 36.0 Å². The molecule has 0 aliphatic carbocycles. The first-order chi connectivity index (χ1) is 27.2. The Hall–Kier alpha value is -5.81. The number of aryl methyl sites for hydroxylation is 2. The maximum Gasteiger partial charge on any atom is 0.235 e. The molecule has 2 amide bonds. The number of benzene rings is 4. The number of anilines is 2. The van der Waals surface area contributed by atoms with Crippen molar-refractivity contribution < 1.29 is 19.8 Å². The first-order valence-corrected chi connectivity index (χ1v) is 19.9. The summed E-state index contributed by atoms with van der Waals surface area (Å²) in [5.41, 5.74) is 9.74. The number of piperidine rings is 2. The number of fused-ring (bicyclic) bond motifs is 2. The van der Waals surface area contributed by atoms with E-state index in [1.54, 1.807) is 18.2 Å². The molecular weight excluding hydrogens is 703 g/mol. The van der Waals surface area contributed by atoms with Crippen molar-refractivity contribution in [2.75, 3.05) is 55.6 Å². The number of aromatic hydroxyl groups is 2. The average Bonchev–Trinajstić information content (AvgIpc) is 3.67. The Balaban J connectivity index is 0.793. The molecule has 1 unspecified atom stereocenters. The van der Waals surface area contributed by atoms with Crippen molar-refractivity contribution in [1.82, 2.24) is 24.6 Å². The van der Waals surface area contributed by atoms with Crippen LogP contribution in [0.4, 0.5) is 11.4 Å². The van der Waals surface area contributed by atoms with Crippen LogP contribution < -0.4 is 15.1 Å². The molecule has 3 fully saturated rings. The van der Waals surface area contributed by atoms with E-state index in [2.05, 4.69) is 74.0 Å². The molecule has 5 heterocycles. The lowest BCUT2D eigenvalue weighted by Crippen LogP contribution is -2.49. The number of rotatable bonds is 8. The first-order valence-electron chi connectivity index (χ1n) is 19.9.